The topological polar surface area (TPSA) is 72.8 Å². The highest BCUT2D eigenvalue weighted by Gasteiger charge is 2.13. The van der Waals surface area contributed by atoms with E-state index in [1.807, 2.05) is 24.3 Å². The van der Waals surface area contributed by atoms with Crippen LogP contribution in [0.5, 0.6) is 11.5 Å². The summed E-state index contributed by atoms with van der Waals surface area (Å²) in [6.07, 6.45) is 5.93. The highest BCUT2D eigenvalue weighted by Crippen LogP contribution is 2.25. The van der Waals surface area contributed by atoms with Gasteiger partial charge in [-0.2, -0.15) is 0 Å². The average Bonchev–Trinajstić information content (AvgIpc) is 2.76. The molecule has 0 amide bonds. The molecule has 3 aromatic carbocycles. The quantitative estimate of drug-likeness (QED) is 0.250. The minimum atomic E-state index is -1.03. The summed E-state index contributed by atoms with van der Waals surface area (Å²) in [6.45, 7) is 2.88. The lowest BCUT2D eigenvalue weighted by Crippen LogP contribution is -2.09. The highest BCUT2D eigenvalue weighted by molar-refractivity contribution is 6.05. The third-order valence-electron chi connectivity index (χ3n) is 4.90. The van der Waals surface area contributed by atoms with E-state index in [-0.39, 0.29) is 5.56 Å². The molecule has 0 heterocycles. The number of carbonyl (C=O) groups excluding carboxylic acids is 1. The van der Waals surface area contributed by atoms with Crippen molar-refractivity contribution in [2.75, 3.05) is 6.61 Å². The summed E-state index contributed by atoms with van der Waals surface area (Å²) >= 11 is 0. The van der Waals surface area contributed by atoms with Crippen LogP contribution in [0.1, 0.15) is 59.7 Å². The molecule has 0 bridgehead atoms. The molecule has 0 aliphatic carbocycles. The molecule has 0 fully saturated rings. The fourth-order valence-electron chi connectivity index (χ4n) is 3.25. The van der Waals surface area contributed by atoms with Crippen LogP contribution in [0.4, 0.5) is 0 Å². The van der Waals surface area contributed by atoms with E-state index in [0.717, 1.165) is 22.9 Å². The Morgan fingerprint density at radius 2 is 1.60 bits per heavy atom. The van der Waals surface area contributed by atoms with E-state index in [0.29, 0.717) is 17.9 Å². The van der Waals surface area contributed by atoms with Crippen LogP contribution in [-0.4, -0.2) is 23.7 Å². The van der Waals surface area contributed by atoms with Gasteiger partial charge in [-0.1, -0.05) is 44.7 Å². The average molecular weight is 406 g/mol. The van der Waals surface area contributed by atoms with E-state index >= 15 is 0 Å². The molecule has 5 heteroatoms. The van der Waals surface area contributed by atoms with Crippen LogP contribution in [0.25, 0.3) is 10.8 Å². The summed E-state index contributed by atoms with van der Waals surface area (Å²) in [5.41, 5.74) is 0.582. The molecule has 30 heavy (non-hydrogen) atoms. The lowest BCUT2D eigenvalue weighted by atomic mass is 10.0. The number of benzene rings is 3. The van der Waals surface area contributed by atoms with Crippen molar-refractivity contribution in [3.05, 3.63) is 71.8 Å². The van der Waals surface area contributed by atoms with E-state index in [9.17, 15) is 9.59 Å². The van der Waals surface area contributed by atoms with Gasteiger partial charge in [0.1, 0.15) is 11.5 Å². The molecule has 0 aromatic heterocycles. The maximum Gasteiger partial charge on any atom is 0.344 e. The molecule has 0 radical (unpaired) electrons. The van der Waals surface area contributed by atoms with Crippen molar-refractivity contribution in [3.63, 3.8) is 0 Å². The van der Waals surface area contributed by atoms with Crippen LogP contribution in [0.2, 0.25) is 0 Å². The Balaban J connectivity index is 1.67. The van der Waals surface area contributed by atoms with Gasteiger partial charge in [0, 0.05) is 0 Å². The first-order chi connectivity index (χ1) is 14.6. The molecule has 0 saturated heterocycles. The monoisotopic (exact) mass is 406 g/mol. The molecule has 0 aliphatic heterocycles. The van der Waals surface area contributed by atoms with Crippen molar-refractivity contribution in [1.82, 2.24) is 0 Å². The molecule has 156 valence electrons. The van der Waals surface area contributed by atoms with E-state index < -0.39 is 11.9 Å². The highest BCUT2D eigenvalue weighted by atomic mass is 16.5. The maximum absolute atomic E-state index is 12.7. The number of hydrogen-bond donors (Lipinski definition) is 1. The summed E-state index contributed by atoms with van der Waals surface area (Å²) in [4.78, 5) is 23.6. The Bertz CT molecular complexity index is 1010. The number of carboxylic acids is 1. The van der Waals surface area contributed by atoms with Gasteiger partial charge in [0.15, 0.2) is 0 Å². The standard InChI is InChI=1S/C25H26O5/c1-2-3-4-5-6-16-29-21-14-15-22-19(17-21)8-7-9-23(22)25(28)30-20-12-10-18(11-13-20)24(26)27/h7-15,17H,2-6,16H2,1H3,(H,26,27). The fourth-order valence-corrected chi connectivity index (χ4v) is 3.25. The summed E-state index contributed by atoms with van der Waals surface area (Å²) < 4.78 is 11.3. The smallest absolute Gasteiger partial charge is 0.344 e. The van der Waals surface area contributed by atoms with E-state index in [1.165, 1.54) is 49.9 Å². The zero-order chi connectivity index (χ0) is 21.3. The molecule has 3 rings (SSSR count). The van der Waals surface area contributed by atoms with Gasteiger partial charge in [0.05, 0.1) is 17.7 Å². The van der Waals surface area contributed by atoms with Crippen LogP contribution < -0.4 is 9.47 Å². The fraction of sp³-hybridized carbons (Fsp3) is 0.280. The molecule has 0 saturated carbocycles. The van der Waals surface area contributed by atoms with Gasteiger partial charge >= 0.3 is 11.9 Å². The summed E-state index contributed by atoms with van der Waals surface area (Å²) in [6, 6.07) is 16.9. The van der Waals surface area contributed by atoms with Crippen molar-refractivity contribution < 1.29 is 24.2 Å². The SMILES string of the molecule is CCCCCCCOc1ccc2c(C(=O)Oc3ccc(C(=O)O)cc3)cccc2c1. The number of unbranched alkanes of at least 4 members (excludes halogenated alkanes) is 4. The number of carboxylic acid groups (broad SMARTS) is 1. The largest absolute Gasteiger partial charge is 0.494 e. The number of rotatable bonds is 10. The van der Waals surface area contributed by atoms with Gasteiger partial charge in [0.2, 0.25) is 0 Å². The molecule has 0 spiro atoms. The maximum atomic E-state index is 12.7. The molecule has 0 unspecified atom stereocenters. The predicted molar refractivity (Wildman–Crippen MR) is 117 cm³/mol. The molecular weight excluding hydrogens is 380 g/mol. The number of esters is 1. The zero-order valence-corrected chi connectivity index (χ0v) is 17.1. The molecule has 0 aliphatic rings. The first-order valence-electron chi connectivity index (χ1n) is 10.3. The molecular formula is C25H26O5. The molecule has 1 N–H and O–H groups in total. The van der Waals surface area contributed by atoms with Gasteiger partial charge < -0.3 is 14.6 Å². The van der Waals surface area contributed by atoms with E-state index in [2.05, 4.69) is 6.92 Å². The summed E-state index contributed by atoms with van der Waals surface area (Å²) in [7, 11) is 0. The lowest BCUT2D eigenvalue weighted by molar-refractivity contribution is 0.0696. The Labute approximate surface area is 176 Å². The second kappa shape index (κ2) is 10.4. The Kier molecular flexibility index (Phi) is 7.44. The number of hydrogen-bond acceptors (Lipinski definition) is 4. The third kappa shape index (κ3) is 5.60. The number of ether oxygens (including phenoxy) is 2. The minimum Gasteiger partial charge on any atom is -0.494 e. The van der Waals surface area contributed by atoms with Crippen molar-refractivity contribution in [1.29, 1.82) is 0 Å². The van der Waals surface area contributed by atoms with Crippen LogP contribution in [0.3, 0.4) is 0 Å². The predicted octanol–water partition coefficient (Wildman–Crippen LogP) is 6.11. The third-order valence-corrected chi connectivity index (χ3v) is 4.90. The minimum absolute atomic E-state index is 0.137. The van der Waals surface area contributed by atoms with Gasteiger partial charge in [0.25, 0.3) is 0 Å². The van der Waals surface area contributed by atoms with Crippen LogP contribution >= 0.6 is 0 Å². The van der Waals surface area contributed by atoms with Crippen LogP contribution in [0.15, 0.2) is 60.7 Å². The first kappa shape index (κ1) is 21.4. The number of aromatic carboxylic acids is 1. The van der Waals surface area contributed by atoms with Gasteiger partial charge in [-0.25, -0.2) is 9.59 Å². The van der Waals surface area contributed by atoms with Crippen molar-refractivity contribution in [2.24, 2.45) is 0 Å². The molecule has 5 nitrogen and oxygen atoms in total. The summed E-state index contributed by atoms with van der Waals surface area (Å²) in [5, 5.41) is 10.6. The van der Waals surface area contributed by atoms with Crippen LogP contribution in [-0.2, 0) is 0 Å². The Morgan fingerprint density at radius 3 is 2.33 bits per heavy atom. The lowest BCUT2D eigenvalue weighted by Gasteiger charge is -2.10. The first-order valence-corrected chi connectivity index (χ1v) is 10.3. The Hall–Kier alpha value is -3.34. The van der Waals surface area contributed by atoms with Gasteiger partial charge in [-0.15, -0.1) is 0 Å². The van der Waals surface area contributed by atoms with Crippen molar-refractivity contribution >= 4 is 22.7 Å². The van der Waals surface area contributed by atoms with Crippen LogP contribution in [0, 0.1) is 0 Å². The second-order valence-electron chi connectivity index (χ2n) is 7.17. The van der Waals surface area contributed by atoms with E-state index in [4.69, 9.17) is 14.6 Å². The van der Waals surface area contributed by atoms with Gasteiger partial charge in [-0.3, -0.25) is 0 Å². The van der Waals surface area contributed by atoms with Crippen molar-refractivity contribution in [3.8, 4) is 11.5 Å². The molecule has 3 aromatic rings. The van der Waals surface area contributed by atoms with Crippen molar-refractivity contribution in [2.45, 2.75) is 39.0 Å². The Morgan fingerprint density at radius 1 is 0.867 bits per heavy atom. The second-order valence-corrected chi connectivity index (χ2v) is 7.17. The number of carbonyl (C=O) groups is 2. The normalized spacial score (nSPS) is 10.7. The zero-order valence-electron chi connectivity index (χ0n) is 17.1. The summed E-state index contributed by atoms with van der Waals surface area (Å²) in [5.74, 6) is -0.438. The number of fused-ring (bicyclic) bond motifs is 1. The van der Waals surface area contributed by atoms with Gasteiger partial charge in [-0.05, 0) is 65.7 Å². The molecule has 0 atom stereocenters. The van der Waals surface area contributed by atoms with E-state index in [1.54, 1.807) is 12.1 Å².